The molecule has 0 radical (unpaired) electrons. The lowest BCUT2D eigenvalue weighted by atomic mass is 10.0. The number of aryl methyl sites for hydroxylation is 1. The number of anilines is 1. The van der Waals surface area contributed by atoms with Crippen molar-refractivity contribution < 1.29 is 4.74 Å². The van der Waals surface area contributed by atoms with Gasteiger partial charge in [-0.05, 0) is 49.6 Å². The molecular weight excluding hydrogens is 416 g/mol. The second kappa shape index (κ2) is 9.05. The first-order valence-electron chi connectivity index (χ1n) is 11.1. The number of fused-ring (bicyclic) bond motifs is 2. The van der Waals surface area contributed by atoms with Crippen LogP contribution >= 0.6 is 0 Å². The van der Waals surface area contributed by atoms with E-state index >= 15 is 0 Å². The highest BCUT2D eigenvalue weighted by molar-refractivity contribution is 5.96. The summed E-state index contributed by atoms with van der Waals surface area (Å²) in [6, 6.07) is 12.0. The molecule has 2 aromatic heterocycles. The van der Waals surface area contributed by atoms with E-state index in [0.29, 0.717) is 12.4 Å². The number of hydrogen-bond acceptors (Lipinski definition) is 6. The molecule has 4 aromatic rings. The molecule has 0 amide bonds. The molecule has 9 nitrogen and oxygen atoms in total. The van der Waals surface area contributed by atoms with Crippen LogP contribution in [0.5, 0.6) is 0 Å². The van der Waals surface area contributed by atoms with Crippen molar-refractivity contribution in [3.63, 3.8) is 0 Å². The molecule has 9 heteroatoms. The molecule has 1 saturated heterocycles. The molecule has 0 saturated carbocycles. The quantitative estimate of drug-likeness (QED) is 0.149. The van der Waals surface area contributed by atoms with E-state index in [1.54, 1.807) is 11.3 Å². The van der Waals surface area contributed by atoms with Gasteiger partial charge in [-0.2, -0.15) is 5.10 Å². The number of benzene rings is 2. The SMILES string of the molecule is C=N/N=C(/C(Nc1ccc2[nH]cnc2c1)c1c[nH]c2cc(C)ccc12)N(N)CC1CCCO1. The molecule has 1 aliphatic heterocycles. The summed E-state index contributed by atoms with van der Waals surface area (Å²) in [6.45, 7) is 6.95. The van der Waals surface area contributed by atoms with Gasteiger partial charge < -0.3 is 20.0 Å². The number of amidine groups is 1. The Morgan fingerprint density at radius 3 is 3.03 bits per heavy atom. The van der Waals surface area contributed by atoms with Gasteiger partial charge in [0.05, 0.1) is 30.0 Å². The fraction of sp³-hybridized carbons (Fsp3) is 0.292. The summed E-state index contributed by atoms with van der Waals surface area (Å²) >= 11 is 0. The van der Waals surface area contributed by atoms with Crippen LogP contribution in [0.15, 0.2) is 59.1 Å². The Morgan fingerprint density at radius 1 is 1.30 bits per heavy atom. The van der Waals surface area contributed by atoms with Gasteiger partial charge in [0, 0.05) is 41.7 Å². The van der Waals surface area contributed by atoms with Gasteiger partial charge >= 0.3 is 0 Å². The van der Waals surface area contributed by atoms with Gasteiger partial charge in [0.1, 0.15) is 6.04 Å². The van der Waals surface area contributed by atoms with Crippen molar-refractivity contribution in [2.75, 3.05) is 18.5 Å². The second-order valence-electron chi connectivity index (χ2n) is 8.39. The summed E-state index contributed by atoms with van der Waals surface area (Å²) < 4.78 is 5.80. The van der Waals surface area contributed by atoms with Gasteiger partial charge in [0.15, 0.2) is 5.84 Å². The number of imidazole rings is 1. The topological polar surface area (TPSA) is 120 Å². The molecule has 2 unspecified atom stereocenters. The average Bonchev–Trinajstić information content (AvgIpc) is 3.56. The summed E-state index contributed by atoms with van der Waals surface area (Å²) in [5.41, 5.74) is 5.98. The number of nitrogens with zero attached hydrogens (tertiary/aromatic N) is 4. The minimum atomic E-state index is -0.380. The Labute approximate surface area is 191 Å². The van der Waals surface area contributed by atoms with E-state index in [1.165, 1.54) is 5.56 Å². The summed E-state index contributed by atoms with van der Waals surface area (Å²) in [5.74, 6) is 7.11. The third-order valence-electron chi connectivity index (χ3n) is 6.06. The lowest BCUT2D eigenvalue weighted by Crippen LogP contribution is -2.46. The second-order valence-corrected chi connectivity index (χ2v) is 8.39. The number of H-pyrrole nitrogens is 2. The van der Waals surface area contributed by atoms with Crippen LogP contribution in [0, 0.1) is 6.92 Å². The van der Waals surface area contributed by atoms with Gasteiger partial charge in [0.25, 0.3) is 0 Å². The molecule has 0 bridgehead atoms. The maximum absolute atomic E-state index is 6.55. The largest absolute Gasteiger partial charge is 0.376 e. The van der Waals surface area contributed by atoms with Crippen LogP contribution in [-0.2, 0) is 4.74 Å². The van der Waals surface area contributed by atoms with E-state index in [9.17, 15) is 0 Å². The number of hydrogen-bond donors (Lipinski definition) is 4. The fourth-order valence-corrected chi connectivity index (χ4v) is 4.43. The van der Waals surface area contributed by atoms with E-state index in [4.69, 9.17) is 10.6 Å². The van der Waals surface area contributed by atoms with Crippen LogP contribution in [0.3, 0.4) is 0 Å². The van der Waals surface area contributed by atoms with Crippen molar-refractivity contribution >= 4 is 40.2 Å². The van der Waals surface area contributed by atoms with Crippen LogP contribution in [0.2, 0.25) is 0 Å². The minimum Gasteiger partial charge on any atom is -0.376 e. The van der Waals surface area contributed by atoms with Crippen molar-refractivity contribution in [2.45, 2.75) is 31.9 Å². The first-order valence-corrected chi connectivity index (χ1v) is 11.1. The Balaban J connectivity index is 1.56. The van der Waals surface area contributed by atoms with Crippen molar-refractivity contribution in [1.29, 1.82) is 0 Å². The number of hydrazine groups is 1. The molecule has 5 rings (SSSR count). The Morgan fingerprint density at radius 2 is 2.21 bits per heavy atom. The molecule has 0 spiro atoms. The number of nitrogens with one attached hydrogen (secondary N) is 3. The van der Waals surface area contributed by atoms with E-state index in [1.807, 2.05) is 24.4 Å². The highest BCUT2D eigenvalue weighted by atomic mass is 16.5. The molecule has 3 heterocycles. The smallest absolute Gasteiger partial charge is 0.168 e. The van der Waals surface area contributed by atoms with Crippen molar-refractivity contribution in [1.82, 2.24) is 20.0 Å². The third kappa shape index (κ3) is 4.33. The van der Waals surface area contributed by atoms with Crippen LogP contribution in [-0.4, -0.2) is 51.8 Å². The summed E-state index contributed by atoms with van der Waals surface area (Å²) in [7, 11) is 0. The zero-order valence-electron chi connectivity index (χ0n) is 18.6. The molecular formula is C24H28N8O. The molecule has 2 aromatic carbocycles. The molecule has 33 heavy (non-hydrogen) atoms. The average molecular weight is 445 g/mol. The third-order valence-corrected chi connectivity index (χ3v) is 6.06. The number of aromatic nitrogens is 3. The Bertz CT molecular complexity index is 1300. The highest BCUT2D eigenvalue weighted by Gasteiger charge is 2.28. The Hall–Kier alpha value is -3.69. The lowest BCUT2D eigenvalue weighted by Gasteiger charge is -2.29. The summed E-state index contributed by atoms with van der Waals surface area (Å²) in [4.78, 5) is 10.9. The van der Waals surface area contributed by atoms with E-state index < -0.39 is 0 Å². The zero-order chi connectivity index (χ0) is 22.8. The van der Waals surface area contributed by atoms with Gasteiger partial charge in [0.2, 0.25) is 0 Å². The summed E-state index contributed by atoms with van der Waals surface area (Å²) in [6.07, 6.45) is 5.76. The van der Waals surface area contributed by atoms with E-state index in [2.05, 4.69) is 62.3 Å². The van der Waals surface area contributed by atoms with Crippen molar-refractivity contribution in [3.8, 4) is 0 Å². The first-order chi connectivity index (χ1) is 16.1. The predicted octanol–water partition coefficient (Wildman–Crippen LogP) is 3.87. The van der Waals surface area contributed by atoms with Crippen molar-refractivity contribution in [2.24, 2.45) is 16.0 Å². The molecule has 2 atom stereocenters. The molecule has 0 aliphatic carbocycles. The van der Waals surface area contributed by atoms with Crippen LogP contribution < -0.4 is 11.2 Å². The Kier molecular flexibility index (Phi) is 5.80. The number of ether oxygens (including phenoxy) is 1. The van der Waals surface area contributed by atoms with Gasteiger partial charge in [-0.3, -0.25) is 5.01 Å². The minimum absolute atomic E-state index is 0.0664. The highest BCUT2D eigenvalue weighted by Crippen LogP contribution is 2.31. The lowest BCUT2D eigenvalue weighted by molar-refractivity contribution is 0.0907. The predicted molar refractivity (Wildman–Crippen MR) is 132 cm³/mol. The van der Waals surface area contributed by atoms with Gasteiger partial charge in [-0.25, -0.2) is 10.8 Å². The van der Waals surface area contributed by atoms with Crippen LogP contribution in [0.4, 0.5) is 5.69 Å². The number of nitrogens with two attached hydrogens (primary N) is 1. The van der Waals surface area contributed by atoms with Crippen LogP contribution in [0.25, 0.3) is 21.9 Å². The number of aromatic amines is 2. The summed E-state index contributed by atoms with van der Waals surface area (Å²) in [5, 5.41) is 14.5. The monoisotopic (exact) mass is 444 g/mol. The zero-order valence-corrected chi connectivity index (χ0v) is 18.6. The maximum atomic E-state index is 6.55. The van der Waals surface area contributed by atoms with Crippen molar-refractivity contribution in [3.05, 3.63) is 60.0 Å². The van der Waals surface area contributed by atoms with E-state index in [-0.39, 0.29) is 12.1 Å². The maximum Gasteiger partial charge on any atom is 0.168 e. The number of rotatable bonds is 7. The van der Waals surface area contributed by atoms with Gasteiger partial charge in [-0.15, -0.1) is 5.10 Å². The molecule has 1 fully saturated rings. The fourth-order valence-electron chi connectivity index (χ4n) is 4.43. The standard InChI is InChI=1S/C24H28N8O/c1-15-5-7-18-19(12-27-21(18)10-15)23(30-16-6-8-20-22(11-16)29-14-28-20)24(31-26-2)32(25)13-17-4-3-9-33-17/h5-8,10-12,14,17,23,27,30H,2-4,9,13,25H2,1H3,(H,28,29)/b31-24-. The molecule has 170 valence electrons. The normalized spacial score (nSPS) is 17.5. The molecule has 5 N–H and O–H groups in total. The van der Waals surface area contributed by atoms with E-state index in [0.717, 1.165) is 52.6 Å². The first kappa shape index (κ1) is 21.2. The van der Waals surface area contributed by atoms with Crippen LogP contribution in [0.1, 0.15) is 30.0 Å². The van der Waals surface area contributed by atoms with Gasteiger partial charge in [-0.1, -0.05) is 12.1 Å². The molecule has 1 aliphatic rings.